The Labute approximate surface area is 102 Å². The maximum absolute atomic E-state index is 11.3. The first-order valence-electron chi connectivity index (χ1n) is 5.60. The highest BCUT2D eigenvalue weighted by molar-refractivity contribution is 5.67. The monoisotopic (exact) mass is 262 g/mol. The van der Waals surface area contributed by atoms with Gasteiger partial charge >= 0.3 is 6.09 Å². The van der Waals surface area contributed by atoms with E-state index in [0.29, 0.717) is 6.54 Å². The number of carbonyl (C=O) groups excluding carboxylic acids is 1. The molecule has 1 amide bonds. The van der Waals surface area contributed by atoms with Crippen LogP contribution < -0.4 is 5.32 Å². The van der Waals surface area contributed by atoms with Crippen LogP contribution in [0.1, 0.15) is 6.92 Å². The summed E-state index contributed by atoms with van der Waals surface area (Å²) in [7, 11) is 0. The molecule has 0 spiro atoms. The van der Waals surface area contributed by atoms with Crippen molar-refractivity contribution in [3.63, 3.8) is 0 Å². The van der Waals surface area contributed by atoms with E-state index in [0.717, 1.165) is 0 Å². The van der Waals surface area contributed by atoms with Crippen LogP contribution in [0, 0.1) is 10.1 Å². The van der Waals surface area contributed by atoms with Crippen molar-refractivity contribution >= 4 is 6.09 Å². The van der Waals surface area contributed by atoms with E-state index >= 15 is 0 Å². The summed E-state index contributed by atoms with van der Waals surface area (Å²) in [5.74, 6) is 0. The third-order valence-electron chi connectivity index (χ3n) is 2.76. The molecule has 0 aromatic heterocycles. The van der Waals surface area contributed by atoms with Crippen molar-refractivity contribution in [2.24, 2.45) is 0 Å². The Morgan fingerprint density at radius 2 is 2.00 bits per heavy atom. The first kappa shape index (κ1) is 12.8. The van der Waals surface area contributed by atoms with Crippen molar-refractivity contribution in [2.45, 2.75) is 31.3 Å². The van der Waals surface area contributed by atoms with Gasteiger partial charge in [-0.2, -0.15) is 0 Å². The summed E-state index contributed by atoms with van der Waals surface area (Å²) in [4.78, 5) is 26.0. The molecule has 9 heteroatoms. The van der Waals surface area contributed by atoms with E-state index in [1.54, 1.807) is 6.92 Å². The Morgan fingerprint density at radius 3 is 2.61 bits per heavy atom. The number of nitrogens with zero attached hydrogens (tertiary/aromatic N) is 1. The second-order valence-electron chi connectivity index (χ2n) is 3.94. The molecule has 0 saturated carbocycles. The van der Waals surface area contributed by atoms with Gasteiger partial charge < -0.3 is 24.4 Å². The normalized spacial score (nSPS) is 33.8. The summed E-state index contributed by atoms with van der Waals surface area (Å²) < 4.78 is 15.7. The van der Waals surface area contributed by atoms with E-state index < -0.39 is 35.6 Å². The van der Waals surface area contributed by atoms with Crippen molar-refractivity contribution in [1.29, 1.82) is 0 Å². The highest BCUT2D eigenvalue weighted by Crippen LogP contribution is 2.30. The zero-order valence-electron chi connectivity index (χ0n) is 9.74. The smallest absolute Gasteiger partial charge is 0.407 e. The van der Waals surface area contributed by atoms with Crippen LogP contribution in [-0.4, -0.2) is 55.4 Å². The van der Waals surface area contributed by atoms with Crippen LogP contribution in [0.15, 0.2) is 0 Å². The van der Waals surface area contributed by atoms with Gasteiger partial charge in [-0.1, -0.05) is 0 Å². The van der Waals surface area contributed by atoms with Gasteiger partial charge in [0.1, 0.15) is 12.2 Å². The van der Waals surface area contributed by atoms with E-state index in [1.807, 2.05) is 0 Å². The van der Waals surface area contributed by atoms with E-state index in [4.69, 9.17) is 14.2 Å². The number of hydrogen-bond acceptors (Lipinski definition) is 7. The van der Waals surface area contributed by atoms with Crippen LogP contribution in [0.3, 0.4) is 0 Å². The number of amides is 1. The topological polar surface area (TPSA) is 109 Å². The lowest BCUT2D eigenvalue weighted by molar-refractivity contribution is -0.769. The van der Waals surface area contributed by atoms with E-state index in [2.05, 4.69) is 10.2 Å². The Bertz CT molecular complexity index is 337. The number of ether oxygens (including phenoxy) is 3. The molecule has 2 rings (SSSR count). The number of nitrogens with one attached hydrogen (secondary N) is 1. The minimum atomic E-state index is -0.877. The Hall–Kier alpha value is -1.61. The number of carbonyl (C=O) groups is 1. The molecular weight excluding hydrogens is 248 g/mol. The number of alkyl carbamates (subject to hydrolysis) is 1. The van der Waals surface area contributed by atoms with Crippen molar-refractivity contribution in [1.82, 2.24) is 5.32 Å². The molecule has 2 aliphatic heterocycles. The maximum atomic E-state index is 11.3. The molecule has 18 heavy (non-hydrogen) atoms. The molecule has 0 bridgehead atoms. The molecule has 102 valence electrons. The zero-order valence-corrected chi connectivity index (χ0v) is 9.74. The number of rotatable bonds is 4. The molecule has 2 heterocycles. The Morgan fingerprint density at radius 1 is 1.39 bits per heavy atom. The van der Waals surface area contributed by atoms with Crippen molar-refractivity contribution < 1.29 is 28.9 Å². The van der Waals surface area contributed by atoms with Gasteiger partial charge in [0, 0.05) is 6.54 Å². The fourth-order valence-corrected chi connectivity index (χ4v) is 2.05. The summed E-state index contributed by atoms with van der Waals surface area (Å²) in [5, 5.41) is 11.9. The van der Waals surface area contributed by atoms with Crippen molar-refractivity contribution in [3.8, 4) is 0 Å². The summed E-state index contributed by atoms with van der Waals surface area (Å²) in [5.41, 5.74) is 0. The van der Waals surface area contributed by atoms with Gasteiger partial charge in [-0.25, -0.2) is 4.79 Å². The highest BCUT2D eigenvalue weighted by atomic mass is 17.0. The molecule has 0 unspecified atom stereocenters. The number of hydrogen-bond donors (Lipinski definition) is 1. The van der Waals surface area contributed by atoms with Crippen molar-refractivity contribution in [2.75, 3.05) is 19.8 Å². The van der Waals surface area contributed by atoms with E-state index in [-0.39, 0.29) is 13.2 Å². The predicted molar refractivity (Wildman–Crippen MR) is 55.3 cm³/mol. The van der Waals surface area contributed by atoms with Gasteiger partial charge in [0.15, 0.2) is 12.2 Å². The Balaban J connectivity index is 1.88. The first-order chi connectivity index (χ1) is 8.61. The molecule has 0 aromatic carbocycles. The maximum Gasteiger partial charge on any atom is 0.407 e. The second-order valence-corrected chi connectivity index (χ2v) is 3.94. The summed E-state index contributed by atoms with van der Waals surface area (Å²) >= 11 is 0. The van der Waals surface area contributed by atoms with Crippen LogP contribution in [-0.2, 0) is 19.0 Å². The SMILES string of the molecule is CCNC(=O)O[C@H]1CO[C@H]2[C@@H]1OC[C@H]2O[N+](=O)[O-]. The van der Waals surface area contributed by atoms with Crippen LogP contribution in [0.4, 0.5) is 4.79 Å². The minimum Gasteiger partial charge on any atom is -0.441 e. The fraction of sp³-hybridized carbons (Fsp3) is 0.889. The molecule has 0 aliphatic carbocycles. The van der Waals surface area contributed by atoms with Crippen molar-refractivity contribution in [3.05, 3.63) is 10.1 Å². The molecule has 2 saturated heterocycles. The van der Waals surface area contributed by atoms with Gasteiger partial charge in [0.25, 0.3) is 5.09 Å². The average Bonchev–Trinajstić information content (AvgIpc) is 2.83. The summed E-state index contributed by atoms with van der Waals surface area (Å²) in [6.07, 6.45) is -2.99. The van der Waals surface area contributed by atoms with Gasteiger partial charge in [0.05, 0.1) is 13.2 Å². The minimum absolute atomic E-state index is 0.0472. The van der Waals surface area contributed by atoms with Crippen LogP contribution in [0.25, 0.3) is 0 Å². The van der Waals surface area contributed by atoms with Gasteiger partial charge in [0.2, 0.25) is 0 Å². The molecule has 0 aromatic rings. The average molecular weight is 262 g/mol. The van der Waals surface area contributed by atoms with E-state index in [1.165, 1.54) is 0 Å². The van der Waals surface area contributed by atoms with Gasteiger partial charge in [-0.3, -0.25) is 0 Å². The largest absolute Gasteiger partial charge is 0.441 e. The summed E-state index contributed by atoms with van der Waals surface area (Å²) in [6, 6.07) is 0. The molecule has 2 aliphatic rings. The van der Waals surface area contributed by atoms with Crippen LogP contribution in [0.5, 0.6) is 0 Å². The summed E-state index contributed by atoms with van der Waals surface area (Å²) in [6.45, 7) is 2.41. The van der Waals surface area contributed by atoms with E-state index in [9.17, 15) is 14.9 Å². The predicted octanol–water partition coefficient (Wildman–Crippen LogP) is -0.524. The zero-order chi connectivity index (χ0) is 13.1. The third-order valence-corrected chi connectivity index (χ3v) is 2.76. The standard InChI is InChI=1S/C9H14N2O7/c1-2-10-9(12)17-5-3-15-8-6(18-11(13)14)4-16-7(5)8/h5-8H,2-4H2,1H3,(H,10,12)/t5-,6+,7+,8+/m0/s1. The Kier molecular flexibility index (Phi) is 3.82. The lowest BCUT2D eigenvalue weighted by Gasteiger charge is -2.16. The number of fused-ring (bicyclic) bond motifs is 1. The van der Waals surface area contributed by atoms with Gasteiger partial charge in [-0.15, -0.1) is 10.1 Å². The second kappa shape index (κ2) is 5.36. The quantitative estimate of drug-likeness (QED) is 0.536. The van der Waals surface area contributed by atoms with Gasteiger partial charge in [-0.05, 0) is 6.92 Å². The first-order valence-corrected chi connectivity index (χ1v) is 5.60. The lowest BCUT2D eigenvalue weighted by atomic mass is 10.1. The molecule has 2 fully saturated rings. The molecular formula is C9H14N2O7. The molecule has 4 atom stereocenters. The highest BCUT2D eigenvalue weighted by Gasteiger charge is 2.51. The third kappa shape index (κ3) is 2.62. The lowest BCUT2D eigenvalue weighted by Crippen LogP contribution is -2.38. The van der Waals surface area contributed by atoms with Crippen LogP contribution >= 0.6 is 0 Å². The molecule has 9 nitrogen and oxygen atoms in total. The fourth-order valence-electron chi connectivity index (χ4n) is 2.05. The molecule has 1 N–H and O–H groups in total. The molecule has 0 radical (unpaired) electrons. The van der Waals surface area contributed by atoms with Crippen LogP contribution in [0.2, 0.25) is 0 Å².